The summed E-state index contributed by atoms with van der Waals surface area (Å²) in [6.45, 7) is 6.62. The van der Waals surface area contributed by atoms with Gasteiger partial charge in [-0.05, 0) is 31.5 Å². The van der Waals surface area contributed by atoms with Crippen LogP contribution in [0.2, 0.25) is 0 Å². The predicted molar refractivity (Wildman–Crippen MR) is 90.7 cm³/mol. The summed E-state index contributed by atoms with van der Waals surface area (Å²) in [6.07, 6.45) is -4.94. The van der Waals surface area contributed by atoms with Crippen molar-refractivity contribution in [2.24, 2.45) is 0 Å². The molecule has 0 radical (unpaired) electrons. The summed E-state index contributed by atoms with van der Waals surface area (Å²) in [5, 5.41) is 2.84. The zero-order chi connectivity index (χ0) is 19.2. The molecule has 5 nitrogen and oxygen atoms in total. The van der Waals surface area contributed by atoms with Crippen molar-refractivity contribution in [1.82, 2.24) is 10.2 Å². The van der Waals surface area contributed by atoms with Crippen molar-refractivity contribution in [1.29, 1.82) is 0 Å². The Balaban J connectivity index is 2.12. The third kappa shape index (κ3) is 5.69. The molecule has 1 N–H and O–H groups in total. The van der Waals surface area contributed by atoms with Gasteiger partial charge in [-0.25, -0.2) is 0 Å². The quantitative estimate of drug-likeness (QED) is 0.797. The topological polar surface area (TPSA) is 50.8 Å². The minimum atomic E-state index is -4.37. The zero-order valence-corrected chi connectivity index (χ0v) is 15.0. The SMILES string of the molecule is CCOC(C)C(=O)NCC(c1ccc(C(F)(F)F)cc1)N1CCOCC1. The molecule has 26 heavy (non-hydrogen) atoms. The van der Waals surface area contributed by atoms with Gasteiger partial charge in [0.15, 0.2) is 0 Å². The van der Waals surface area contributed by atoms with Crippen molar-refractivity contribution >= 4 is 5.91 Å². The van der Waals surface area contributed by atoms with Gasteiger partial charge in [0.25, 0.3) is 0 Å². The van der Waals surface area contributed by atoms with E-state index in [-0.39, 0.29) is 11.9 Å². The molecule has 0 bridgehead atoms. The molecule has 1 heterocycles. The van der Waals surface area contributed by atoms with E-state index in [9.17, 15) is 18.0 Å². The normalized spacial score (nSPS) is 18.3. The fourth-order valence-electron chi connectivity index (χ4n) is 2.91. The molecule has 146 valence electrons. The molecule has 0 saturated carbocycles. The molecule has 1 amide bonds. The molecule has 1 fully saturated rings. The van der Waals surface area contributed by atoms with Crippen LogP contribution in [0.3, 0.4) is 0 Å². The summed E-state index contributed by atoms with van der Waals surface area (Å²) in [5.41, 5.74) is 0.0419. The Bertz CT molecular complexity index is 572. The van der Waals surface area contributed by atoms with E-state index >= 15 is 0 Å². The highest BCUT2D eigenvalue weighted by molar-refractivity contribution is 5.80. The third-order valence-corrected chi connectivity index (χ3v) is 4.36. The van der Waals surface area contributed by atoms with Crippen LogP contribution in [0.25, 0.3) is 0 Å². The van der Waals surface area contributed by atoms with Gasteiger partial charge in [0, 0.05) is 26.2 Å². The molecule has 2 unspecified atom stereocenters. The number of nitrogens with one attached hydrogen (secondary N) is 1. The maximum atomic E-state index is 12.8. The summed E-state index contributed by atoms with van der Waals surface area (Å²) < 4.78 is 49.0. The summed E-state index contributed by atoms with van der Waals surface area (Å²) in [6, 6.07) is 4.88. The first-order valence-corrected chi connectivity index (χ1v) is 8.71. The van der Waals surface area contributed by atoms with Crippen LogP contribution in [0.1, 0.15) is 31.0 Å². The van der Waals surface area contributed by atoms with Gasteiger partial charge in [-0.15, -0.1) is 0 Å². The Morgan fingerprint density at radius 2 is 1.88 bits per heavy atom. The Morgan fingerprint density at radius 3 is 2.42 bits per heavy atom. The van der Waals surface area contributed by atoms with E-state index in [2.05, 4.69) is 10.2 Å². The summed E-state index contributed by atoms with van der Waals surface area (Å²) in [4.78, 5) is 14.2. The first-order chi connectivity index (χ1) is 12.3. The molecule has 2 rings (SSSR count). The second-order valence-electron chi connectivity index (χ2n) is 6.13. The lowest BCUT2D eigenvalue weighted by molar-refractivity contribution is -0.137. The molecule has 1 aromatic carbocycles. The van der Waals surface area contributed by atoms with Crippen molar-refractivity contribution in [2.45, 2.75) is 32.2 Å². The van der Waals surface area contributed by atoms with E-state index in [1.54, 1.807) is 6.92 Å². The highest BCUT2D eigenvalue weighted by atomic mass is 19.4. The van der Waals surface area contributed by atoms with E-state index in [4.69, 9.17) is 9.47 Å². The minimum absolute atomic E-state index is 0.223. The lowest BCUT2D eigenvalue weighted by Gasteiger charge is -2.35. The number of morpholine rings is 1. The molecule has 1 aromatic rings. The monoisotopic (exact) mass is 374 g/mol. The lowest BCUT2D eigenvalue weighted by atomic mass is 10.0. The average Bonchev–Trinajstić information content (AvgIpc) is 2.62. The number of benzene rings is 1. The highest BCUT2D eigenvalue weighted by Gasteiger charge is 2.31. The Morgan fingerprint density at radius 1 is 1.27 bits per heavy atom. The first-order valence-electron chi connectivity index (χ1n) is 8.71. The lowest BCUT2D eigenvalue weighted by Crippen LogP contribution is -2.45. The highest BCUT2D eigenvalue weighted by Crippen LogP contribution is 2.31. The zero-order valence-electron chi connectivity index (χ0n) is 15.0. The number of amides is 1. The van der Waals surface area contributed by atoms with Crippen molar-refractivity contribution in [3.63, 3.8) is 0 Å². The first kappa shape index (κ1) is 20.7. The van der Waals surface area contributed by atoms with Gasteiger partial charge in [0.2, 0.25) is 5.91 Å². The Labute approximate surface area is 151 Å². The van der Waals surface area contributed by atoms with Gasteiger partial charge >= 0.3 is 6.18 Å². The number of rotatable bonds is 7. The fraction of sp³-hybridized carbons (Fsp3) is 0.611. The molecule has 2 atom stereocenters. The number of halogens is 3. The molecule has 0 aromatic heterocycles. The molecule has 1 saturated heterocycles. The number of hydrogen-bond acceptors (Lipinski definition) is 4. The van der Waals surface area contributed by atoms with E-state index in [0.717, 1.165) is 17.7 Å². The molecular formula is C18H25F3N2O3. The predicted octanol–water partition coefficient (Wildman–Crippen LogP) is 2.62. The Hall–Kier alpha value is -1.64. The number of hydrogen-bond donors (Lipinski definition) is 1. The number of alkyl halides is 3. The van der Waals surface area contributed by atoms with Crippen LogP contribution >= 0.6 is 0 Å². The van der Waals surface area contributed by atoms with E-state index in [1.807, 2.05) is 6.92 Å². The minimum Gasteiger partial charge on any atom is -0.379 e. The second-order valence-corrected chi connectivity index (χ2v) is 6.13. The molecular weight excluding hydrogens is 349 g/mol. The number of nitrogens with zero attached hydrogens (tertiary/aromatic N) is 1. The average molecular weight is 374 g/mol. The van der Waals surface area contributed by atoms with E-state index < -0.39 is 17.8 Å². The van der Waals surface area contributed by atoms with E-state index in [0.29, 0.717) is 39.5 Å². The molecule has 0 aliphatic carbocycles. The van der Waals surface area contributed by atoms with Crippen molar-refractivity contribution < 1.29 is 27.4 Å². The van der Waals surface area contributed by atoms with Crippen LogP contribution in [-0.4, -0.2) is 56.4 Å². The third-order valence-electron chi connectivity index (χ3n) is 4.36. The summed E-state index contributed by atoms with van der Waals surface area (Å²) in [5.74, 6) is -0.239. The second kappa shape index (κ2) is 9.34. The molecule has 8 heteroatoms. The summed E-state index contributed by atoms with van der Waals surface area (Å²) >= 11 is 0. The van der Waals surface area contributed by atoms with Gasteiger partial charge in [-0.3, -0.25) is 9.69 Å². The smallest absolute Gasteiger partial charge is 0.379 e. The van der Waals surface area contributed by atoms with Crippen molar-refractivity contribution in [3.8, 4) is 0 Å². The van der Waals surface area contributed by atoms with Crippen LogP contribution in [0.5, 0.6) is 0 Å². The number of ether oxygens (including phenoxy) is 2. The van der Waals surface area contributed by atoms with Crippen molar-refractivity contribution in [3.05, 3.63) is 35.4 Å². The number of carbonyl (C=O) groups is 1. The van der Waals surface area contributed by atoms with Gasteiger partial charge < -0.3 is 14.8 Å². The number of carbonyl (C=O) groups excluding carboxylic acids is 1. The molecule has 1 aliphatic rings. The standard InChI is InChI=1S/C18H25F3N2O3/c1-3-26-13(2)17(24)22-12-16(23-8-10-25-11-9-23)14-4-6-15(7-5-14)18(19,20)21/h4-7,13,16H,3,8-12H2,1-2H3,(H,22,24). The van der Waals surface area contributed by atoms with Gasteiger partial charge in [-0.1, -0.05) is 12.1 Å². The van der Waals surface area contributed by atoms with Gasteiger partial charge in [-0.2, -0.15) is 13.2 Å². The summed E-state index contributed by atoms with van der Waals surface area (Å²) in [7, 11) is 0. The molecule has 0 spiro atoms. The van der Waals surface area contributed by atoms with Gasteiger partial charge in [0.1, 0.15) is 6.10 Å². The van der Waals surface area contributed by atoms with Crippen molar-refractivity contribution in [2.75, 3.05) is 39.5 Å². The van der Waals surface area contributed by atoms with E-state index in [1.165, 1.54) is 12.1 Å². The Kier molecular flexibility index (Phi) is 7.43. The maximum Gasteiger partial charge on any atom is 0.416 e. The maximum absolute atomic E-state index is 12.8. The van der Waals surface area contributed by atoms with Crippen LogP contribution in [0, 0.1) is 0 Å². The largest absolute Gasteiger partial charge is 0.416 e. The molecule has 1 aliphatic heterocycles. The van der Waals surface area contributed by atoms with Crippen LogP contribution in [-0.2, 0) is 20.4 Å². The van der Waals surface area contributed by atoms with Crippen LogP contribution < -0.4 is 5.32 Å². The van der Waals surface area contributed by atoms with Gasteiger partial charge in [0.05, 0.1) is 24.8 Å². The fourth-order valence-corrected chi connectivity index (χ4v) is 2.91. The van der Waals surface area contributed by atoms with Crippen LogP contribution in [0.4, 0.5) is 13.2 Å². The van der Waals surface area contributed by atoms with Crippen LogP contribution in [0.15, 0.2) is 24.3 Å².